The van der Waals surface area contributed by atoms with Crippen LogP contribution in [0, 0.1) is 6.92 Å². The normalized spacial score (nSPS) is 13.9. The number of alkyl halides is 3. The third-order valence-corrected chi connectivity index (χ3v) is 4.81. The Morgan fingerprint density at radius 2 is 1.76 bits per heavy atom. The molecule has 9 heteroatoms. The highest BCUT2D eigenvalue weighted by molar-refractivity contribution is 6.32. The lowest BCUT2D eigenvalue weighted by atomic mass is 10.0. The van der Waals surface area contributed by atoms with Gasteiger partial charge in [-0.15, -0.1) is 13.2 Å². The van der Waals surface area contributed by atoms with Gasteiger partial charge in [-0.25, -0.2) is 0 Å². The van der Waals surface area contributed by atoms with Crippen molar-refractivity contribution < 1.29 is 27.5 Å². The molecule has 0 fully saturated rings. The van der Waals surface area contributed by atoms with Gasteiger partial charge in [-0.1, -0.05) is 29.8 Å². The van der Waals surface area contributed by atoms with Gasteiger partial charge in [0.25, 0.3) is 11.8 Å². The molecule has 2 heterocycles. The topological polar surface area (TPSA) is 59.5 Å². The van der Waals surface area contributed by atoms with Gasteiger partial charge in [-0.05, 0) is 31.2 Å². The molecule has 0 aliphatic carbocycles. The minimum absolute atomic E-state index is 0.0484. The zero-order chi connectivity index (χ0) is 20.9. The standard InChI is InChI=1S/C20H12ClF3N2O3/c1-10-16-17(13-8-12(21)6-7-14(13)25-10)19(28)26(18(16)27)9-11-4-2-3-5-15(11)29-20(22,23)24/h2-8H,9H2,1H3. The van der Waals surface area contributed by atoms with E-state index < -0.39 is 23.9 Å². The molecule has 4 rings (SSSR count). The number of ether oxygens (including phenoxy) is 1. The van der Waals surface area contributed by atoms with Crippen molar-refractivity contribution in [3.8, 4) is 5.75 Å². The predicted octanol–water partition coefficient (Wildman–Crippen LogP) is 4.89. The Kier molecular flexibility index (Phi) is 4.46. The molecule has 1 aliphatic rings. The number of carbonyl (C=O) groups excluding carboxylic acids is 2. The van der Waals surface area contributed by atoms with E-state index in [-0.39, 0.29) is 23.2 Å². The monoisotopic (exact) mass is 420 g/mol. The summed E-state index contributed by atoms with van der Waals surface area (Å²) in [5.41, 5.74) is 1.17. The smallest absolute Gasteiger partial charge is 0.405 e. The molecule has 0 unspecified atom stereocenters. The maximum absolute atomic E-state index is 13.1. The molecule has 3 aromatic rings. The number of halogens is 4. The van der Waals surface area contributed by atoms with E-state index in [0.717, 1.165) is 11.0 Å². The summed E-state index contributed by atoms with van der Waals surface area (Å²) in [6, 6.07) is 10.2. The fraction of sp³-hybridized carbons (Fsp3) is 0.150. The van der Waals surface area contributed by atoms with Crippen LogP contribution in [0.4, 0.5) is 13.2 Å². The lowest BCUT2D eigenvalue weighted by molar-refractivity contribution is -0.274. The minimum atomic E-state index is -4.90. The number of rotatable bonds is 3. The number of carbonyl (C=O) groups is 2. The van der Waals surface area contributed by atoms with Gasteiger partial charge in [0.1, 0.15) is 5.75 Å². The van der Waals surface area contributed by atoms with E-state index in [1.54, 1.807) is 19.1 Å². The number of benzene rings is 2. The first kappa shape index (κ1) is 19.2. The Bertz CT molecular complexity index is 1180. The van der Waals surface area contributed by atoms with Crippen molar-refractivity contribution in [1.82, 2.24) is 9.88 Å². The van der Waals surface area contributed by atoms with E-state index in [1.807, 2.05) is 0 Å². The Hall–Kier alpha value is -3.13. The molecule has 0 spiro atoms. The molecule has 1 aromatic heterocycles. The van der Waals surface area contributed by atoms with E-state index >= 15 is 0 Å². The van der Waals surface area contributed by atoms with Crippen LogP contribution >= 0.6 is 11.6 Å². The number of nitrogens with zero attached hydrogens (tertiary/aromatic N) is 2. The van der Waals surface area contributed by atoms with Gasteiger partial charge >= 0.3 is 6.36 Å². The van der Waals surface area contributed by atoms with Crippen LogP contribution in [-0.2, 0) is 6.54 Å². The van der Waals surface area contributed by atoms with Crippen molar-refractivity contribution in [3.05, 3.63) is 69.9 Å². The second-order valence-corrected chi connectivity index (χ2v) is 6.90. The summed E-state index contributed by atoms with van der Waals surface area (Å²) >= 11 is 6.03. The molecule has 0 saturated heterocycles. The van der Waals surface area contributed by atoms with Gasteiger partial charge < -0.3 is 4.74 Å². The second-order valence-electron chi connectivity index (χ2n) is 6.46. The highest BCUT2D eigenvalue weighted by Gasteiger charge is 2.40. The van der Waals surface area contributed by atoms with Crippen molar-refractivity contribution in [2.45, 2.75) is 19.8 Å². The summed E-state index contributed by atoms with van der Waals surface area (Å²) < 4.78 is 42.1. The quantitative estimate of drug-likeness (QED) is 0.566. The van der Waals surface area contributed by atoms with Gasteiger partial charge in [-0.3, -0.25) is 19.5 Å². The Morgan fingerprint density at radius 1 is 1.07 bits per heavy atom. The highest BCUT2D eigenvalue weighted by Crippen LogP contribution is 2.35. The number of hydrogen-bond acceptors (Lipinski definition) is 4. The van der Waals surface area contributed by atoms with Crippen LogP contribution in [0.2, 0.25) is 5.02 Å². The first-order valence-corrected chi connectivity index (χ1v) is 8.83. The van der Waals surface area contributed by atoms with Gasteiger partial charge in [0.05, 0.1) is 28.9 Å². The van der Waals surface area contributed by atoms with Crippen LogP contribution in [0.1, 0.15) is 32.0 Å². The molecule has 2 aromatic carbocycles. The van der Waals surface area contributed by atoms with E-state index in [9.17, 15) is 22.8 Å². The number of aromatic nitrogens is 1. The van der Waals surface area contributed by atoms with Crippen molar-refractivity contribution in [1.29, 1.82) is 0 Å². The van der Waals surface area contributed by atoms with Crippen LogP contribution in [0.3, 0.4) is 0 Å². The Morgan fingerprint density at radius 3 is 2.48 bits per heavy atom. The lowest BCUT2D eigenvalue weighted by Gasteiger charge is -2.17. The molecule has 0 bridgehead atoms. The van der Waals surface area contributed by atoms with Crippen LogP contribution < -0.4 is 4.74 Å². The molecular weight excluding hydrogens is 409 g/mol. The second kappa shape index (κ2) is 6.73. The van der Waals surface area contributed by atoms with Crippen molar-refractivity contribution in [2.75, 3.05) is 0 Å². The largest absolute Gasteiger partial charge is 0.573 e. The zero-order valence-electron chi connectivity index (χ0n) is 14.9. The highest BCUT2D eigenvalue weighted by atomic mass is 35.5. The average Bonchev–Trinajstić information content (AvgIpc) is 2.88. The molecule has 148 valence electrons. The molecular formula is C20H12ClF3N2O3. The summed E-state index contributed by atoms with van der Waals surface area (Å²) in [7, 11) is 0. The van der Waals surface area contributed by atoms with E-state index in [2.05, 4.69) is 9.72 Å². The molecule has 5 nitrogen and oxygen atoms in total. The van der Waals surface area contributed by atoms with E-state index in [4.69, 9.17) is 11.6 Å². The SMILES string of the molecule is Cc1nc2ccc(Cl)cc2c2c1C(=O)N(Cc1ccccc1OC(F)(F)F)C2=O. The number of hydrogen-bond donors (Lipinski definition) is 0. The Balaban J connectivity index is 1.78. The molecule has 2 amide bonds. The van der Waals surface area contributed by atoms with Gasteiger partial charge in [0, 0.05) is 16.0 Å². The molecule has 29 heavy (non-hydrogen) atoms. The third-order valence-electron chi connectivity index (χ3n) is 4.57. The molecule has 1 aliphatic heterocycles. The molecule has 0 saturated carbocycles. The fourth-order valence-electron chi connectivity index (χ4n) is 3.38. The Labute approximate surface area is 167 Å². The minimum Gasteiger partial charge on any atom is -0.405 e. The summed E-state index contributed by atoms with van der Waals surface area (Å²) in [5, 5.41) is 0.784. The third kappa shape index (κ3) is 3.40. The summed E-state index contributed by atoms with van der Waals surface area (Å²) in [5.74, 6) is -1.72. The van der Waals surface area contributed by atoms with Crippen LogP contribution in [-0.4, -0.2) is 28.1 Å². The van der Waals surface area contributed by atoms with E-state index in [0.29, 0.717) is 21.6 Å². The van der Waals surface area contributed by atoms with Crippen LogP contribution in [0.15, 0.2) is 42.5 Å². The molecule has 0 N–H and O–H groups in total. The lowest BCUT2D eigenvalue weighted by Crippen LogP contribution is -2.30. The van der Waals surface area contributed by atoms with Crippen molar-refractivity contribution in [2.24, 2.45) is 0 Å². The number of amides is 2. The van der Waals surface area contributed by atoms with Gasteiger partial charge in [0.2, 0.25) is 0 Å². The number of imide groups is 1. The molecule has 0 radical (unpaired) electrons. The van der Waals surface area contributed by atoms with Crippen molar-refractivity contribution in [3.63, 3.8) is 0 Å². The maximum Gasteiger partial charge on any atom is 0.573 e. The zero-order valence-corrected chi connectivity index (χ0v) is 15.6. The number of pyridine rings is 1. The van der Waals surface area contributed by atoms with Gasteiger partial charge in [-0.2, -0.15) is 0 Å². The summed E-state index contributed by atoms with van der Waals surface area (Å²) in [4.78, 5) is 31.2. The predicted molar refractivity (Wildman–Crippen MR) is 98.8 cm³/mol. The van der Waals surface area contributed by atoms with Gasteiger partial charge in [0.15, 0.2) is 0 Å². The van der Waals surface area contributed by atoms with Crippen molar-refractivity contribution >= 4 is 34.3 Å². The first-order valence-electron chi connectivity index (χ1n) is 8.45. The number of aryl methyl sites for hydroxylation is 1. The summed E-state index contributed by atoms with van der Waals surface area (Å²) in [6.45, 7) is 1.22. The maximum atomic E-state index is 13.1. The number of fused-ring (bicyclic) bond motifs is 3. The van der Waals surface area contributed by atoms with Crippen LogP contribution in [0.5, 0.6) is 5.75 Å². The average molecular weight is 421 g/mol. The number of para-hydroxylation sites is 1. The van der Waals surface area contributed by atoms with Crippen LogP contribution in [0.25, 0.3) is 10.9 Å². The molecule has 0 atom stereocenters. The van der Waals surface area contributed by atoms with E-state index in [1.165, 1.54) is 24.3 Å². The fourth-order valence-corrected chi connectivity index (χ4v) is 3.55. The first-order chi connectivity index (χ1) is 13.7. The summed E-state index contributed by atoms with van der Waals surface area (Å²) in [6.07, 6.45) is -4.90.